The number of para-hydroxylation sites is 1. The van der Waals surface area contributed by atoms with E-state index in [0.717, 1.165) is 62.8 Å². The van der Waals surface area contributed by atoms with Crippen LogP contribution in [0.3, 0.4) is 0 Å². The van der Waals surface area contributed by atoms with Gasteiger partial charge in [-0.05, 0) is 75.5 Å². The third kappa shape index (κ3) is 5.95. The summed E-state index contributed by atoms with van der Waals surface area (Å²) in [6, 6.07) is 13.6. The van der Waals surface area contributed by atoms with Crippen molar-refractivity contribution in [2.75, 3.05) is 54.8 Å². The first-order valence-corrected chi connectivity index (χ1v) is 13.2. The van der Waals surface area contributed by atoms with Crippen LogP contribution in [0.2, 0.25) is 0 Å². The zero-order chi connectivity index (χ0) is 25.6. The fourth-order valence-electron chi connectivity index (χ4n) is 5.18. The van der Waals surface area contributed by atoms with Crippen LogP contribution < -0.4 is 15.5 Å². The number of rotatable bonds is 4. The van der Waals surface area contributed by atoms with E-state index in [1.54, 1.807) is 12.1 Å². The third-order valence-corrected chi connectivity index (χ3v) is 7.32. The van der Waals surface area contributed by atoms with E-state index in [-0.39, 0.29) is 5.75 Å². The highest BCUT2D eigenvalue weighted by atomic mass is 16.3. The van der Waals surface area contributed by atoms with Gasteiger partial charge in [0, 0.05) is 43.1 Å². The van der Waals surface area contributed by atoms with E-state index >= 15 is 0 Å². The molecule has 1 aromatic carbocycles. The number of aromatic nitrogens is 3. The molecule has 1 unspecified atom stereocenters. The Labute approximate surface area is 219 Å². The summed E-state index contributed by atoms with van der Waals surface area (Å²) in [5.41, 5.74) is 10.3. The zero-order valence-corrected chi connectivity index (χ0v) is 21.5. The maximum absolute atomic E-state index is 10.3. The Morgan fingerprint density at radius 2 is 1.84 bits per heavy atom. The monoisotopic (exact) mass is 497 g/mol. The minimum absolute atomic E-state index is 0.177. The quantitative estimate of drug-likeness (QED) is 0.526. The molecule has 1 atom stereocenters. The van der Waals surface area contributed by atoms with Crippen molar-refractivity contribution in [1.29, 1.82) is 0 Å². The van der Waals surface area contributed by atoms with E-state index in [9.17, 15) is 5.11 Å². The number of piperidine rings is 1. The number of nitrogens with zero attached hydrogens (tertiary/aromatic N) is 6. The van der Waals surface area contributed by atoms with Gasteiger partial charge in [-0.25, -0.2) is 4.98 Å². The molecule has 0 amide bonds. The first-order chi connectivity index (χ1) is 18.1. The van der Waals surface area contributed by atoms with Gasteiger partial charge in [-0.1, -0.05) is 24.5 Å². The maximum Gasteiger partial charge on any atom is 0.169 e. The number of phenolic OH excluding ortho intramolecular Hbond substituents is 1. The number of phenols is 1. The standard InChI is InChI=1S/C29H35N7O/c1-22-12-17-35(27-21-26(32-33-29(27)30)25-9-3-4-10-28(25)37)18-19-36(22)24-11-13-31-23(20-24)8-7-16-34-14-5-2-6-15-34/h3-4,9-11,13,20-22,37H,2,5-6,12,14-19H2,1H3,(H2,30,33). The smallest absolute Gasteiger partial charge is 0.169 e. The molecule has 37 heavy (non-hydrogen) atoms. The summed E-state index contributed by atoms with van der Waals surface area (Å²) >= 11 is 0. The lowest BCUT2D eigenvalue weighted by Crippen LogP contribution is -2.35. The molecule has 2 saturated heterocycles. The number of hydrogen-bond donors (Lipinski definition) is 2. The highest BCUT2D eigenvalue weighted by Gasteiger charge is 2.24. The van der Waals surface area contributed by atoms with E-state index in [2.05, 4.69) is 60.8 Å². The van der Waals surface area contributed by atoms with Crippen molar-refractivity contribution in [1.82, 2.24) is 20.1 Å². The lowest BCUT2D eigenvalue weighted by atomic mass is 10.1. The molecule has 0 radical (unpaired) electrons. The fourth-order valence-corrected chi connectivity index (χ4v) is 5.18. The van der Waals surface area contributed by atoms with Gasteiger partial charge in [0.25, 0.3) is 0 Å². The summed E-state index contributed by atoms with van der Waals surface area (Å²) < 4.78 is 0. The van der Waals surface area contributed by atoms with E-state index < -0.39 is 0 Å². The average Bonchev–Trinajstić information content (AvgIpc) is 3.12. The normalized spacial score (nSPS) is 18.7. The van der Waals surface area contributed by atoms with Crippen LogP contribution in [-0.4, -0.2) is 70.5 Å². The molecular weight excluding hydrogens is 462 g/mol. The molecule has 0 spiro atoms. The molecule has 8 nitrogen and oxygen atoms in total. The van der Waals surface area contributed by atoms with Crippen molar-refractivity contribution >= 4 is 17.2 Å². The molecule has 4 heterocycles. The zero-order valence-electron chi connectivity index (χ0n) is 21.5. The van der Waals surface area contributed by atoms with E-state index in [1.807, 2.05) is 24.4 Å². The molecule has 2 aliphatic heterocycles. The molecule has 5 rings (SSSR count). The van der Waals surface area contributed by atoms with Crippen LogP contribution in [-0.2, 0) is 0 Å². The summed E-state index contributed by atoms with van der Waals surface area (Å²) in [5, 5.41) is 18.7. The topological polar surface area (TPSA) is 94.6 Å². The molecule has 0 saturated carbocycles. The number of anilines is 3. The number of nitrogens with two attached hydrogens (primary N) is 1. The molecule has 3 aromatic rings. The van der Waals surface area contributed by atoms with E-state index in [1.165, 1.54) is 19.3 Å². The SMILES string of the molecule is CC1CCN(c2cc(-c3ccccc3O)nnc2N)CCN1c1ccnc(C#CCN2CCCCC2)c1. The largest absolute Gasteiger partial charge is 0.507 e. The first kappa shape index (κ1) is 24.8. The number of pyridine rings is 1. The van der Waals surface area contributed by atoms with Crippen LogP contribution in [0.5, 0.6) is 5.75 Å². The van der Waals surface area contributed by atoms with Crippen molar-refractivity contribution in [3.63, 3.8) is 0 Å². The maximum atomic E-state index is 10.3. The summed E-state index contributed by atoms with van der Waals surface area (Å²) in [6.07, 6.45) is 6.71. The second kappa shape index (κ2) is 11.5. The number of likely N-dealkylation sites (tertiary alicyclic amines) is 1. The first-order valence-electron chi connectivity index (χ1n) is 13.2. The number of nitrogen functional groups attached to an aromatic ring is 1. The second-order valence-corrected chi connectivity index (χ2v) is 9.87. The van der Waals surface area contributed by atoms with Crippen LogP contribution in [0, 0.1) is 11.8 Å². The van der Waals surface area contributed by atoms with Gasteiger partial charge in [-0.2, -0.15) is 0 Å². The molecule has 8 heteroatoms. The minimum Gasteiger partial charge on any atom is -0.507 e. The van der Waals surface area contributed by atoms with E-state index in [4.69, 9.17) is 5.73 Å². The van der Waals surface area contributed by atoms with Gasteiger partial charge in [-0.3, -0.25) is 4.90 Å². The number of aromatic hydroxyl groups is 1. The van der Waals surface area contributed by atoms with Gasteiger partial charge in [0.15, 0.2) is 5.82 Å². The van der Waals surface area contributed by atoms with Gasteiger partial charge < -0.3 is 20.6 Å². The minimum atomic E-state index is 0.177. The summed E-state index contributed by atoms with van der Waals surface area (Å²) in [4.78, 5) is 11.6. The predicted molar refractivity (Wildman–Crippen MR) is 149 cm³/mol. The lowest BCUT2D eigenvalue weighted by molar-refractivity contribution is 0.255. The third-order valence-electron chi connectivity index (χ3n) is 7.32. The molecule has 0 aliphatic carbocycles. The second-order valence-electron chi connectivity index (χ2n) is 9.87. The molecular formula is C29H35N7O. The Morgan fingerprint density at radius 3 is 2.68 bits per heavy atom. The Balaban J connectivity index is 1.30. The fraction of sp³-hybridized carbons (Fsp3) is 0.414. The van der Waals surface area contributed by atoms with Crippen molar-refractivity contribution in [3.05, 3.63) is 54.4 Å². The Morgan fingerprint density at radius 1 is 1.00 bits per heavy atom. The summed E-state index contributed by atoms with van der Waals surface area (Å²) in [7, 11) is 0. The van der Waals surface area contributed by atoms with Gasteiger partial charge in [0.1, 0.15) is 11.4 Å². The van der Waals surface area contributed by atoms with Gasteiger partial charge in [0.05, 0.1) is 17.9 Å². The van der Waals surface area contributed by atoms with E-state index in [0.29, 0.717) is 23.1 Å². The highest BCUT2D eigenvalue weighted by molar-refractivity contribution is 5.74. The predicted octanol–water partition coefficient (Wildman–Crippen LogP) is 3.77. The molecule has 2 aliphatic rings. The molecule has 0 bridgehead atoms. The lowest BCUT2D eigenvalue weighted by Gasteiger charge is -2.29. The van der Waals surface area contributed by atoms with Gasteiger partial charge in [-0.15, -0.1) is 10.2 Å². The Bertz CT molecular complexity index is 1280. The Kier molecular flexibility index (Phi) is 7.71. The molecule has 2 fully saturated rings. The summed E-state index contributed by atoms with van der Waals surface area (Å²) in [5.74, 6) is 7.18. The molecule has 3 N–H and O–H groups in total. The number of benzene rings is 1. The van der Waals surface area contributed by atoms with Crippen LogP contribution in [0.1, 0.15) is 38.3 Å². The summed E-state index contributed by atoms with van der Waals surface area (Å²) in [6.45, 7) is 7.84. The van der Waals surface area contributed by atoms with Crippen LogP contribution in [0.25, 0.3) is 11.3 Å². The van der Waals surface area contributed by atoms with Gasteiger partial charge in [0.2, 0.25) is 0 Å². The Hall–Kier alpha value is -3.83. The van der Waals surface area contributed by atoms with Crippen LogP contribution in [0.4, 0.5) is 17.2 Å². The highest BCUT2D eigenvalue weighted by Crippen LogP contribution is 2.32. The van der Waals surface area contributed by atoms with Gasteiger partial charge >= 0.3 is 0 Å². The van der Waals surface area contributed by atoms with Crippen LogP contribution >= 0.6 is 0 Å². The van der Waals surface area contributed by atoms with Crippen molar-refractivity contribution in [2.45, 2.75) is 38.6 Å². The van der Waals surface area contributed by atoms with Crippen LogP contribution in [0.15, 0.2) is 48.7 Å². The number of hydrogen-bond acceptors (Lipinski definition) is 8. The molecule has 2 aromatic heterocycles. The van der Waals surface area contributed by atoms with Crippen molar-refractivity contribution in [2.24, 2.45) is 0 Å². The van der Waals surface area contributed by atoms with Crippen molar-refractivity contribution < 1.29 is 5.11 Å². The van der Waals surface area contributed by atoms with Crippen molar-refractivity contribution in [3.8, 4) is 28.8 Å². The molecule has 192 valence electrons. The average molecular weight is 498 g/mol.